The van der Waals surface area contributed by atoms with Gasteiger partial charge in [-0.05, 0) is 42.4 Å². The molecule has 2 nitrogen and oxygen atoms in total. The topological polar surface area (TPSA) is 18.5 Å². The van der Waals surface area contributed by atoms with Crippen LogP contribution in [0.4, 0.5) is 0 Å². The summed E-state index contributed by atoms with van der Waals surface area (Å²) in [6.07, 6.45) is 0.718. The Hall–Kier alpha value is 0.0700. The molecule has 18 heavy (non-hydrogen) atoms. The van der Waals surface area contributed by atoms with Crippen molar-refractivity contribution in [1.29, 1.82) is 0 Å². The first-order chi connectivity index (χ1) is 8.38. The Bertz CT molecular complexity index is 478. The van der Waals surface area contributed by atoms with Crippen molar-refractivity contribution in [2.75, 3.05) is 6.61 Å². The van der Waals surface area contributed by atoms with Gasteiger partial charge in [-0.2, -0.15) is 0 Å². The second-order valence-electron chi connectivity index (χ2n) is 3.91. The van der Waals surface area contributed by atoms with E-state index in [0.717, 1.165) is 6.42 Å². The van der Waals surface area contributed by atoms with Gasteiger partial charge in [-0.3, -0.25) is 0 Å². The average Bonchev–Trinajstić information content (AvgIpc) is 2.87. The molecule has 0 amide bonds. The van der Waals surface area contributed by atoms with Crippen molar-refractivity contribution in [1.82, 2.24) is 0 Å². The van der Waals surface area contributed by atoms with Crippen molar-refractivity contribution in [3.05, 3.63) is 23.2 Å². The fraction of sp³-hybridized carbons (Fsp3) is 0.364. The monoisotopic (exact) mass is 344 g/mol. The van der Waals surface area contributed by atoms with Crippen LogP contribution < -0.4 is 9.47 Å². The van der Waals surface area contributed by atoms with Crippen molar-refractivity contribution < 1.29 is 9.47 Å². The van der Waals surface area contributed by atoms with Gasteiger partial charge in [-0.25, -0.2) is 0 Å². The van der Waals surface area contributed by atoms with Crippen LogP contribution in [-0.4, -0.2) is 15.5 Å². The molecule has 0 heterocycles. The van der Waals surface area contributed by atoms with Gasteiger partial charge in [0, 0.05) is 12.0 Å². The smallest absolute Gasteiger partial charge is 0.260 e. The third kappa shape index (κ3) is 3.78. The van der Waals surface area contributed by atoms with Crippen LogP contribution in [-0.2, 0) is 0 Å². The summed E-state index contributed by atoms with van der Waals surface area (Å²) in [5.74, 6) is 1.07. The summed E-state index contributed by atoms with van der Waals surface area (Å²) in [5, 5.41) is 0.471. The molecule has 0 N–H and O–H groups in total. The third-order valence-electron chi connectivity index (χ3n) is 2.50. The first-order valence-electron chi connectivity index (χ1n) is 5.06. The van der Waals surface area contributed by atoms with E-state index >= 15 is 0 Å². The van der Waals surface area contributed by atoms with Gasteiger partial charge in [0.25, 0.3) is 4.51 Å². The van der Waals surface area contributed by atoms with Gasteiger partial charge < -0.3 is 9.47 Å². The van der Waals surface area contributed by atoms with Crippen LogP contribution in [0.1, 0.15) is 6.42 Å². The molecule has 1 aliphatic rings. The van der Waals surface area contributed by atoms with Crippen LogP contribution in [0.25, 0.3) is 0 Å². The van der Waals surface area contributed by atoms with Crippen LogP contribution in [0, 0.1) is 5.92 Å². The first kappa shape index (κ1) is 14.5. The van der Waals surface area contributed by atoms with Crippen LogP contribution in [0.15, 0.2) is 18.2 Å². The lowest BCUT2D eigenvalue weighted by molar-refractivity contribution is 0.298. The molecule has 1 saturated carbocycles. The molecule has 0 radical (unpaired) electrons. The number of ether oxygens (including phenoxy) is 2. The van der Waals surface area contributed by atoms with Crippen molar-refractivity contribution >= 4 is 63.1 Å². The van der Waals surface area contributed by atoms with E-state index in [9.17, 15) is 0 Å². The highest BCUT2D eigenvalue weighted by molar-refractivity contribution is 7.82. The second-order valence-corrected chi connectivity index (χ2v) is 6.79. The molecule has 2 rings (SSSR count). The van der Waals surface area contributed by atoms with Crippen LogP contribution in [0.3, 0.4) is 0 Å². The zero-order valence-corrected chi connectivity index (χ0v) is 12.8. The Morgan fingerprint density at radius 3 is 2.67 bits per heavy atom. The first-order valence-corrected chi connectivity index (χ1v) is 6.98. The van der Waals surface area contributed by atoms with E-state index in [2.05, 4.69) is 12.2 Å². The fourth-order valence-corrected chi connectivity index (χ4v) is 2.25. The molecule has 1 unspecified atom stereocenters. The summed E-state index contributed by atoms with van der Waals surface area (Å²) < 4.78 is 9.87. The minimum Gasteiger partial charge on any atom is -0.491 e. The standard InChI is InChI=1S/C11H8Cl4O2S/c12-8-2-1-7(17-10(13)18)3-9(8)16-5-6-4-11(6,14)15/h1-3,6H,4-5H2. The summed E-state index contributed by atoms with van der Waals surface area (Å²) in [6, 6.07) is 4.90. The summed E-state index contributed by atoms with van der Waals surface area (Å²) >= 11 is 27.9. The number of rotatable bonds is 4. The highest BCUT2D eigenvalue weighted by atomic mass is 35.5. The minimum absolute atomic E-state index is 0.0917. The molecule has 1 aliphatic carbocycles. The Morgan fingerprint density at radius 2 is 2.11 bits per heavy atom. The molecular formula is C11H8Cl4O2S. The lowest BCUT2D eigenvalue weighted by Gasteiger charge is -2.10. The lowest BCUT2D eigenvalue weighted by Crippen LogP contribution is -2.05. The van der Waals surface area contributed by atoms with E-state index < -0.39 is 4.33 Å². The van der Waals surface area contributed by atoms with Gasteiger partial charge in [-0.1, -0.05) is 11.6 Å². The molecule has 0 aromatic heterocycles. The number of alkyl halides is 2. The molecule has 98 valence electrons. The van der Waals surface area contributed by atoms with Gasteiger partial charge in [0.2, 0.25) is 0 Å². The van der Waals surface area contributed by atoms with E-state index in [4.69, 9.17) is 55.9 Å². The fourth-order valence-electron chi connectivity index (χ4n) is 1.39. The summed E-state index contributed by atoms with van der Waals surface area (Å²) in [6.45, 7) is 0.404. The van der Waals surface area contributed by atoms with Gasteiger partial charge in [0.1, 0.15) is 15.8 Å². The molecule has 1 atom stereocenters. The number of halogens is 4. The Balaban J connectivity index is 2.00. The lowest BCUT2D eigenvalue weighted by atomic mass is 10.3. The normalized spacial score (nSPS) is 20.3. The predicted octanol–water partition coefficient (Wildman–Crippen LogP) is 4.82. The summed E-state index contributed by atoms with van der Waals surface area (Å²) in [4.78, 5) is 0. The molecule has 0 spiro atoms. The Labute approximate surface area is 130 Å². The van der Waals surface area contributed by atoms with Crippen molar-refractivity contribution in [3.8, 4) is 11.5 Å². The quantitative estimate of drug-likeness (QED) is 0.443. The number of hydrogen-bond acceptors (Lipinski definition) is 3. The highest BCUT2D eigenvalue weighted by Gasteiger charge is 2.52. The Kier molecular flexibility index (Phi) is 4.50. The summed E-state index contributed by atoms with van der Waals surface area (Å²) in [7, 11) is 0. The minimum atomic E-state index is -0.668. The maximum Gasteiger partial charge on any atom is 0.260 e. The second kappa shape index (κ2) is 5.59. The van der Waals surface area contributed by atoms with E-state index in [1.54, 1.807) is 18.2 Å². The number of benzene rings is 1. The van der Waals surface area contributed by atoms with E-state index in [-0.39, 0.29) is 10.4 Å². The van der Waals surface area contributed by atoms with E-state index in [1.807, 2.05) is 0 Å². The predicted molar refractivity (Wildman–Crippen MR) is 78.6 cm³/mol. The zero-order valence-electron chi connectivity index (χ0n) is 8.96. The number of hydrogen-bond donors (Lipinski definition) is 0. The molecule has 1 aromatic carbocycles. The van der Waals surface area contributed by atoms with Crippen molar-refractivity contribution in [2.24, 2.45) is 5.92 Å². The van der Waals surface area contributed by atoms with Gasteiger partial charge in [-0.15, -0.1) is 23.2 Å². The SMILES string of the molecule is S=C(Cl)Oc1ccc(Cl)c(OCC2CC2(Cl)Cl)c1. The molecule has 0 aliphatic heterocycles. The van der Waals surface area contributed by atoms with Gasteiger partial charge in [0.05, 0.1) is 11.6 Å². The zero-order chi connectivity index (χ0) is 13.3. The summed E-state index contributed by atoms with van der Waals surface area (Å²) in [5.41, 5.74) is 0. The molecule has 1 fully saturated rings. The molecular weight excluding hydrogens is 338 g/mol. The maximum atomic E-state index is 6.00. The Morgan fingerprint density at radius 1 is 1.44 bits per heavy atom. The van der Waals surface area contributed by atoms with Crippen molar-refractivity contribution in [3.63, 3.8) is 0 Å². The van der Waals surface area contributed by atoms with E-state index in [1.165, 1.54) is 0 Å². The third-order valence-corrected chi connectivity index (χ3v) is 3.90. The molecule has 7 heteroatoms. The average molecular weight is 346 g/mol. The van der Waals surface area contributed by atoms with Gasteiger partial charge >= 0.3 is 0 Å². The van der Waals surface area contributed by atoms with Crippen molar-refractivity contribution in [2.45, 2.75) is 10.8 Å². The maximum absolute atomic E-state index is 6.00. The number of thiocarbonyl (C=S) groups is 1. The van der Waals surface area contributed by atoms with Crippen LogP contribution >= 0.6 is 58.6 Å². The molecule has 0 saturated heterocycles. The van der Waals surface area contributed by atoms with Gasteiger partial charge in [0.15, 0.2) is 0 Å². The largest absolute Gasteiger partial charge is 0.491 e. The van der Waals surface area contributed by atoms with E-state index in [0.29, 0.717) is 23.1 Å². The molecule has 1 aromatic rings. The van der Waals surface area contributed by atoms with Crippen LogP contribution in [0.5, 0.6) is 11.5 Å². The highest BCUT2D eigenvalue weighted by Crippen LogP contribution is 2.53. The van der Waals surface area contributed by atoms with Crippen LogP contribution in [0.2, 0.25) is 5.02 Å². The molecule has 0 bridgehead atoms.